The summed E-state index contributed by atoms with van der Waals surface area (Å²) in [7, 11) is 2.01. The van der Waals surface area contributed by atoms with E-state index in [9.17, 15) is 4.79 Å². The van der Waals surface area contributed by atoms with Crippen molar-refractivity contribution in [3.63, 3.8) is 0 Å². The number of carbonyl (C=O) groups excluding carboxylic acids is 1. The molecule has 2 unspecified atom stereocenters. The largest absolute Gasteiger partial charge is 0.343 e. The van der Waals surface area contributed by atoms with Crippen molar-refractivity contribution in [2.24, 2.45) is 11.1 Å². The molecule has 2 fully saturated rings. The first-order chi connectivity index (χ1) is 13.0. The number of hydrogen-bond donors (Lipinski definition) is 1. The molecule has 2 N–H and O–H groups in total. The van der Waals surface area contributed by atoms with E-state index in [1.54, 1.807) is 0 Å². The second-order valence-electron chi connectivity index (χ2n) is 8.93. The Morgan fingerprint density at radius 1 is 1.17 bits per heavy atom. The van der Waals surface area contributed by atoms with Crippen LogP contribution in [0.25, 0.3) is 0 Å². The number of halogens is 2. The molecule has 1 aromatic carbocycles. The number of amides is 1. The van der Waals surface area contributed by atoms with E-state index >= 15 is 0 Å². The lowest BCUT2D eigenvalue weighted by Gasteiger charge is -2.43. The molecule has 0 spiro atoms. The minimum absolute atomic E-state index is 0. The second kappa shape index (κ2) is 12.1. The van der Waals surface area contributed by atoms with Gasteiger partial charge in [-0.3, -0.25) is 9.69 Å². The Kier molecular flexibility index (Phi) is 11.0. The quantitative estimate of drug-likeness (QED) is 0.696. The van der Waals surface area contributed by atoms with Crippen LogP contribution in [0.3, 0.4) is 0 Å². The Morgan fingerprint density at radius 2 is 1.83 bits per heavy atom. The van der Waals surface area contributed by atoms with Crippen molar-refractivity contribution in [1.82, 2.24) is 9.80 Å². The molecule has 1 aliphatic carbocycles. The summed E-state index contributed by atoms with van der Waals surface area (Å²) in [6.07, 6.45) is 8.75. The van der Waals surface area contributed by atoms with Gasteiger partial charge in [-0.1, -0.05) is 49.6 Å². The molecule has 2 atom stereocenters. The predicted molar refractivity (Wildman–Crippen MR) is 126 cm³/mol. The Bertz CT molecular complexity index is 607. The van der Waals surface area contributed by atoms with Crippen LogP contribution in [0.5, 0.6) is 0 Å². The van der Waals surface area contributed by atoms with Crippen molar-refractivity contribution in [1.29, 1.82) is 0 Å². The minimum atomic E-state index is 0. The van der Waals surface area contributed by atoms with Crippen molar-refractivity contribution in [3.8, 4) is 0 Å². The zero-order valence-electron chi connectivity index (χ0n) is 18.0. The molecule has 166 valence electrons. The van der Waals surface area contributed by atoms with E-state index in [1.165, 1.54) is 24.8 Å². The predicted octanol–water partition coefficient (Wildman–Crippen LogP) is 4.64. The van der Waals surface area contributed by atoms with Crippen molar-refractivity contribution in [3.05, 3.63) is 35.9 Å². The summed E-state index contributed by atoms with van der Waals surface area (Å²) in [5.41, 5.74) is 7.53. The first-order valence-corrected chi connectivity index (χ1v) is 10.8. The van der Waals surface area contributed by atoms with Crippen LogP contribution in [0.2, 0.25) is 0 Å². The molecule has 1 aromatic rings. The molecule has 3 rings (SSSR count). The monoisotopic (exact) mass is 443 g/mol. The van der Waals surface area contributed by atoms with Crippen LogP contribution in [0, 0.1) is 5.41 Å². The average Bonchev–Trinajstić information content (AvgIpc) is 2.70. The van der Waals surface area contributed by atoms with Crippen molar-refractivity contribution in [2.75, 3.05) is 20.1 Å². The van der Waals surface area contributed by atoms with Gasteiger partial charge < -0.3 is 10.6 Å². The number of carbonyl (C=O) groups is 1. The number of nitrogens with zero attached hydrogens (tertiary/aromatic N) is 2. The molecule has 4 nitrogen and oxygen atoms in total. The molecule has 1 aliphatic heterocycles. The molecule has 1 heterocycles. The van der Waals surface area contributed by atoms with Gasteiger partial charge in [0.15, 0.2) is 0 Å². The lowest BCUT2D eigenvalue weighted by atomic mass is 9.71. The summed E-state index contributed by atoms with van der Waals surface area (Å²) in [4.78, 5) is 17.6. The third-order valence-electron chi connectivity index (χ3n) is 7.03. The SMILES string of the molecule is CC1CC(N(C)C(=O)CC2(CN)CCCCC2)CCN1Cc1ccccc1.Cl.Cl. The number of nitrogens with two attached hydrogens (primary N) is 1. The molecule has 0 aromatic heterocycles. The van der Waals surface area contributed by atoms with Crippen LogP contribution in [0.1, 0.15) is 63.9 Å². The molecule has 1 saturated carbocycles. The number of hydrogen-bond acceptors (Lipinski definition) is 3. The zero-order chi connectivity index (χ0) is 19.3. The first kappa shape index (κ1) is 26.2. The maximum Gasteiger partial charge on any atom is 0.223 e. The molecule has 6 heteroatoms. The van der Waals surface area contributed by atoms with Crippen molar-refractivity contribution < 1.29 is 4.79 Å². The van der Waals surface area contributed by atoms with E-state index < -0.39 is 0 Å². The van der Waals surface area contributed by atoms with E-state index in [0.29, 0.717) is 31.0 Å². The average molecular weight is 444 g/mol. The fraction of sp³-hybridized carbons (Fsp3) is 0.696. The Hall–Kier alpha value is -0.810. The van der Waals surface area contributed by atoms with Gasteiger partial charge in [-0.25, -0.2) is 0 Å². The second-order valence-corrected chi connectivity index (χ2v) is 8.93. The van der Waals surface area contributed by atoms with Crippen LogP contribution in [0.15, 0.2) is 30.3 Å². The maximum atomic E-state index is 13.0. The third kappa shape index (κ3) is 6.85. The number of likely N-dealkylation sites (tertiary alicyclic amines) is 1. The van der Waals surface area contributed by atoms with Gasteiger partial charge in [0, 0.05) is 38.6 Å². The van der Waals surface area contributed by atoms with E-state index in [2.05, 4.69) is 42.2 Å². The van der Waals surface area contributed by atoms with E-state index in [-0.39, 0.29) is 30.2 Å². The number of piperidine rings is 1. The lowest BCUT2D eigenvalue weighted by Crippen LogP contribution is -2.50. The lowest BCUT2D eigenvalue weighted by molar-refractivity contribution is -0.136. The molecule has 2 aliphatic rings. The molecule has 1 amide bonds. The van der Waals surface area contributed by atoms with Crippen LogP contribution < -0.4 is 5.73 Å². The molecular formula is C23H39Cl2N3O. The van der Waals surface area contributed by atoms with Gasteiger partial charge in [0.25, 0.3) is 0 Å². The summed E-state index contributed by atoms with van der Waals surface area (Å²) >= 11 is 0. The maximum absolute atomic E-state index is 13.0. The number of benzene rings is 1. The van der Waals surface area contributed by atoms with Gasteiger partial charge in [0.1, 0.15) is 0 Å². The van der Waals surface area contributed by atoms with Gasteiger partial charge in [-0.05, 0) is 50.1 Å². The van der Waals surface area contributed by atoms with Gasteiger partial charge >= 0.3 is 0 Å². The highest BCUT2D eigenvalue weighted by Gasteiger charge is 2.36. The van der Waals surface area contributed by atoms with Gasteiger partial charge in [-0.15, -0.1) is 24.8 Å². The van der Waals surface area contributed by atoms with Crippen LogP contribution in [-0.2, 0) is 11.3 Å². The molecule has 29 heavy (non-hydrogen) atoms. The smallest absolute Gasteiger partial charge is 0.223 e. The summed E-state index contributed by atoms with van der Waals surface area (Å²) < 4.78 is 0. The highest BCUT2D eigenvalue weighted by Crippen LogP contribution is 2.39. The minimum Gasteiger partial charge on any atom is -0.343 e. The molecular weight excluding hydrogens is 405 g/mol. The Morgan fingerprint density at radius 3 is 2.41 bits per heavy atom. The zero-order valence-corrected chi connectivity index (χ0v) is 19.6. The summed E-state index contributed by atoms with van der Waals surface area (Å²) in [5.74, 6) is 0.302. The third-order valence-corrected chi connectivity index (χ3v) is 7.03. The van der Waals surface area contributed by atoms with Crippen molar-refractivity contribution >= 4 is 30.7 Å². The topological polar surface area (TPSA) is 49.6 Å². The van der Waals surface area contributed by atoms with E-state index in [1.807, 2.05) is 11.9 Å². The normalized spacial score (nSPS) is 24.1. The highest BCUT2D eigenvalue weighted by molar-refractivity contribution is 5.85. The highest BCUT2D eigenvalue weighted by atomic mass is 35.5. The van der Waals surface area contributed by atoms with Crippen LogP contribution in [-0.4, -0.2) is 47.9 Å². The number of rotatable bonds is 6. The molecule has 1 saturated heterocycles. The summed E-state index contributed by atoms with van der Waals surface area (Å²) in [5, 5.41) is 0. The Labute approximate surface area is 189 Å². The molecule has 0 bridgehead atoms. The van der Waals surface area contributed by atoms with Crippen LogP contribution >= 0.6 is 24.8 Å². The van der Waals surface area contributed by atoms with Crippen LogP contribution in [0.4, 0.5) is 0 Å². The Balaban J connectivity index is 0.00000210. The first-order valence-electron chi connectivity index (χ1n) is 10.8. The molecule has 0 radical (unpaired) electrons. The summed E-state index contributed by atoms with van der Waals surface area (Å²) in [6.45, 7) is 5.01. The fourth-order valence-electron chi connectivity index (χ4n) is 5.00. The fourth-order valence-corrected chi connectivity index (χ4v) is 5.00. The van der Waals surface area contributed by atoms with Gasteiger partial charge in [0.2, 0.25) is 5.91 Å². The van der Waals surface area contributed by atoms with Crippen molar-refractivity contribution in [2.45, 2.75) is 76.9 Å². The standard InChI is InChI=1S/C23H37N3O.2ClH/c1-19-15-21(11-14-26(19)17-20-9-5-3-6-10-20)25(2)22(27)16-23(18-24)12-7-4-8-13-23;;/h3,5-6,9-10,19,21H,4,7-8,11-18,24H2,1-2H3;2*1H. The van der Waals surface area contributed by atoms with Gasteiger partial charge in [-0.2, -0.15) is 0 Å². The van der Waals surface area contributed by atoms with E-state index in [4.69, 9.17) is 5.73 Å². The summed E-state index contributed by atoms with van der Waals surface area (Å²) in [6, 6.07) is 11.5. The van der Waals surface area contributed by atoms with E-state index in [0.717, 1.165) is 38.8 Å². The van der Waals surface area contributed by atoms with Gasteiger partial charge in [0.05, 0.1) is 0 Å².